The number of amides is 2. The van der Waals surface area contributed by atoms with Crippen LogP contribution in [-0.4, -0.2) is 35.5 Å². The van der Waals surface area contributed by atoms with Crippen molar-refractivity contribution in [1.29, 1.82) is 0 Å². The molecule has 120 valence electrons. The van der Waals surface area contributed by atoms with Gasteiger partial charge in [0.25, 0.3) is 0 Å². The average molecular weight is 295 g/mol. The van der Waals surface area contributed by atoms with Crippen LogP contribution in [0.15, 0.2) is 0 Å². The molecule has 2 amide bonds. The van der Waals surface area contributed by atoms with Crippen molar-refractivity contribution in [3.8, 4) is 0 Å². The average Bonchev–Trinajstić information content (AvgIpc) is 2.76. The van der Waals surface area contributed by atoms with E-state index in [1.165, 1.54) is 4.90 Å². The predicted molar refractivity (Wildman–Crippen MR) is 81.7 cm³/mol. The first-order chi connectivity index (χ1) is 9.82. The molecular formula is C17H29NO3. The summed E-state index contributed by atoms with van der Waals surface area (Å²) in [6.45, 7) is 10.2. The zero-order valence-corrected chi connectivity index (χ0v) is 13.9. The van der Waals surface area contributed by atoms with E-state index in [4.69, 9.17) is 4.74 Å². The van der Waals surface area contributed by atoms with E-state index in [0.29, 0.717) is 25.3 Å². The molecule has 2 fully saturated rings. The summed E-state index contributed by atoms with van der Waals surface area (Å²) in [5.74, 6) is 0.536. The summed E-state index contributed by atoms with van der Waals surface area (Å²) >= 11 is 0. The quantitative estimate of drug-likeness (QED) is 0.732. The second-order valence-electron chi connectivity index (χ2n) is 7.28. The third-order valence-electron chi connectivity index (χ3n) is 5.74. The second kappa shape index (κ2) is 6.07. The summed E-state index contributed by atoms with van der Waals surface area (Å²) in [5.41, 5.74) is 0.105. The van der Waals surface area contributed by atoms with Crippen LogP contribution in [0, 0.1) is 11.3 Å². The lowest BCUT2D eigenvalue weighted by Crippen LogP contribution is -2.47. The lowest BCUT2D eigenvalue weighted by molar-refractivity contribution is -0.144. The van der Waals surface area contributed by atoms with Gasteiger partial charge < -0.3 is 4.74 Å². The van der Waals surface area contributed by atoms with Gasteiger partial charge in [-0.25, -0.2) is 0 Å². The van der Waals surface area contributed by atoms with Crippen molar-refractivity contribution in [1.82, 2.24) is 4.90 Å². The molecule has 0 bridgehead atoms. The zero-order valence-electron chi connectivity index (χ0n) is 13.9. The van der Waals surface area contributed by atoms with Crippen molar-refractivity contribution in [2.24, 2.45) is 11.3 Å². The summed E-state index contributed by atoms with van der Waals surface area (Å²) in [6.07, 6.45) is 4.73. The molecule has 0 aromatic heterocycles. The predicted octanol–water partition coefficient (Wildman–Crippen LogP) is 3.15. The fourth-order valence-electron chi connectivity index (χ4n) is 3.81. The van der Waals surface area contributed by atoms with Crippen LogP contribution in [0.2, 0.25) is 0 Å². The monoisotopic (exact) mass is 295 g/mol. The second-order valence-corrected chi connectivity index (χ2v) is 7.28. The third-order valence-corrected chi connectivity index (χ3v) is 5.74. The van der Waals surface area contributed by atoms with Crippen molar-refractivity contribution in [2.75, 3.05) is 13.2 Å². The molecular weight excluding hydrogens is 266 g/mol. The van der Waals surface area contributed by atoms with Gasteiger partial charge in [0.05, 0.1) is 5.60 Å². The van der Waals surface area contributed by atoms with Gasteiger partial charge in [0.2, 0.25) is 11.8 Å². The Labute approximate surface area is 128 Å². The molecule has 0 N–H and O–H groups in total. The maximum Gasteiger partial charge on any atom is 0.229 e. The molecule has 0 aromatic carbocycles. The van der Waals surface area contributed by atoms with E-state index >= 15 is 0 Å². The summed E-state index contributed by atoms with van der Waals surface area (Å²) < 4.78 is 5.99. The smallest absolute Gasteiger partial charge is 0.229 e. The lowest BCUT2D eigenvalue weighted by atomic mass is 9.64. The highest BCUT2D eigenvalue weighted by molar-refractivity contribution is 6.01. The summed E-state index contributed by atoms with van der Waals surface area (Å²) in [5, 5.41) is 0. The number of ether oxygens (including phenoxy) is 1. The molecule has 2 rings (SSSR count). The SMILES string of the molecule is CCC1(C)CC(CCN2C(=O)CCC2=O)(C(C)C)CCO1. The number of likely N-dealkylation sites (tertiary alicyclic amines) is 1. The molecule has 0 radical (unpaired) electrons. The van der Waals surface area contributed by atoms with E-state index < -0.39 is 0 Å². The highest BCUT2D eigenvalue weighted by atomic mass is 16.5. The number of imide groups is 1. The Bertz CT molecular complexity index is 404. The van der Waals surface area contributed by atoms with Gasteiger partial charge in [-0.2, -0.15) is 0 Å². The van der Waals surface area contributed by atoms with Crippen molar-refractivity contribution >= 4 is 11.8 Å². The topological polar surface area (TPSA) is 46.6 Å². The first-order valence-corrected chi connectivity index (χ1v) is 8.29. The normalized spacial score (nSPS) is 34.0. The molecule has 4 heteroatoms. The van der Waals surface area contributed by atoms with Gasteiger partial charge in [0.15, 0.2) is 0 Å². The summed E-state index contributed by atoms with van der Waals surface area (Å²) in [4.78, 5) is 25.1. The number of rotatable bonds is 5. The molecule has 0 saturated carbocycles. The number of carbonyl (C=O) groups excluding carboxylic acids is 2. The first-order valence-electron chi connectivity index (χ1n) is 8.29. The molecule has 0 aromatic rings. The molecule has 0 aliphatic carbocycles. The molecule has 2 unspecified atom stereocenters. The fourth-order valence-corrected chi connectivity index (χ4v) is 3.81. The highest BCUT2D eigenvalue weighted by Gasteiger charge is 2.44. The van der Waals surface area contributed by atoms with Crippen molar-refractivity contribution < 1.29 is 14.3 Å². The molecule has 2 aliphatic heterocycles. The first kappa shape index (κ1) is 16.5. The van der Waals surface area contributed by atoms with Gasteiger partial charge in [-0.15, -0.1) is 0 Å². The summed E-state index contributed by atoms with van der Waals surface area (Å²) in [6, 6.07) is 0. The van der Waals surface area contributed by atoms with E-state index in [1.807, 2.05) is 0 Å². The van der Waals surface area contributed by atoms with Gasteiger partial charge in [-0.1, -0.05) is 20.8 Å². The van der Waals surface area contributed by atoms with E-state index in [9.17, 15) is 9.59 Å². The van der Waals surface area contributed by atoms with E-state index in [0.717, 1.165) is 32.3 Å². The minimum atomic E-state index is -0.0679. The van der Waals surface area contributed by atoms with Crippen LogP contribution in [0.25, 0.3) is 0 Å². The van der Waals surface area contributed by atoms with Gasteiger partial charge in [-0.05, 0) is 43.9 Å². The Morgan fingerprint density at radius 3 is 2.38 bits per heavy atom. The third kappa shape index (κ3) is 3.31. The van der Waals surface area contributed by atoms with Crippen LogP contribution in [0.1, 0.15) is 66.2 Å². The Hall–Kier alpha value is -0.900. The molecule has 21 heavy (non-hydrogen) atoms. The Balaban J connectivity index is 2.08. The summed E-state index contributed by atoms with van der Waals surface area (Å²) in [7, 11) is 0. The Kier molecular flexibility index (Phi) is 4.76. The van der Waals surface area contributed by atoms with Crippen LogP contribution in [0.4, 0.5) is 0 Å². The number of hydrogen-bond acceptors (Lipinski definition) is 3. The van der Waals surface area contributed by atoms with Gasteiger partial charge >= 0.3 is 0 Å². The van der Waals surface area contributed by atoms with Crippen LogP contribution in [-0.2, 0) is 14.3 Å². The Morgan fingerprint density at radius 1 is 1.24 bits per heavy atom. The van der Waals surface area contributed by atoms with Gasteiger partial charge in [0, 0.05) is 26.0 Å². The minimum absolute atomic E-state index is 0.00391. The molecule has 2 atom stereocenters. The minimum Gasteiger partial charge on any atom is -0.375 e. The van der Waals surface area contributed by atoms with E-state index in [2.05, 4.69) is 27.7 Å². The maximum absolute atomic E-state index is 11.8. The molecule has 2 aliphatic rings. The highest BCUT2D eigenvalue weighted by Crippen LogP contribution is 2.48. The lowest BCUT2D eigenvalue weighted by Gasteiger charge is -2.49. The number of hydrogen-bond donors (Lipinski definition) is 0. The molecule has 2 saturated heterocycles. The molecule has 2 heterocycles. The van der Waals surface area contributed by atoms with Crippen molar-refractivity contribution in [3.05, 3.63) is 0 Å². The van der Waals surface area contributed by atoms with Crippen LogP contribution in [0.5, 0.6) is 0 Å². The molecule has 0 spiro atoms. The number of nitrogens with zero attached hydrogens (tertiary/aromatic N) is 1. The van der Waals surface area contributed by atoms with Crippen molar-refractivity contribution in [3.63, 3.8) is 0 Å². The van der Waals surface area contributed by atoms with Gasteiger partial charge in [-0.3, -0.25) is 14.5 Å². The molecule has 4 nitrogen and oxygen atoms in total. The largest absolute Gasteiger partial charge is 0.375 e. The Morgan fingerprint density at radius 2 is 1.86 bits per heavy atom. The number of carbonyl (C=O) groups is 2. The van der Waals surface area contributed by atoms with Crippen LogP contribution < -0.4 is 0 Å². The maximum atomic E-state index is 11.8. The zero-order chi connectivity index (χ0) is 15.7. The van der Waals surface area contributed by atoms with Crippen LogP contribution in [0.3, 0.4) is 0 Å². The fraction of sp³-hybridized carbons (Fsp3) is 0.882. The van der Waals surface area contributed by atoms with E-state index in [-0.39, 0.29) is 22.8 Å². The standard InChI is InChI=1S/C17H29NO3/c1-5-16(4)12-17(13(2)3,9-11-21-16)8-10-18-14(19)6-7-15(18)20/h13H,5-12H2,1-4H3. The van der Waals surface area contributed by atoms with Crippen molar-refractivity contribution in [2.45, 2.75) is 71.8 Å². The van der Waals surface area contributed by atoms with Crippen LogP contribution >= 0.6 is 0 Å². The van der Waals surface area contributed by atoms with E-state index in [1.54, 1.807) is 0 Å². The van der Waals surface area contributed by atoms with Gasteiger partial charge in [0.1, 0.15) is 0 Å².